The second-order valence-electron chi connectivity index (χ2n) is 3.17. The number of hydrogen-bond donors (Lipinski definition) is 1. The van der Waals surface area contributed by atoms with Gasteiger partial charge in [0.15, 0.2) is 0 Å². The van der Waals surface area contributed by atoms with Crippen molar-refractivity contribution >= 4 is 28.4 Å². The lowest BCUT2D eigenvalue weighted by Gasteiger charge is -2.15. The number of rotatable bonds is 4. The summed E-state index contributed by atoms with van der Waals surface area (Å²) < 4.78 is 3.00. The first-order valence-corrected chi connectivity index (χ1v) is 5.77. The van der Waals surface area contributed by atoms with Crippen LogP contribution in [0.25, 0.3) is 0 Å². The van der Waals surface area contributed by atoms with Crippen molar-refractivity contribution in [1.29, 1.82) is 0 Å². The fourth-order valence-corrected chi connectivity index (χ4v) is 1.85. The van der Waals surface area contributed by atoms with E-state index < -0.39 is 0 Å². The van der Waals surface area contributed by atoms with E-state index in [1.54, 1.807) is 0 Å². The molecule has 0 aliphatic rings. The van der Waals surface area contributed by atoms with E-state index in [9.17, 15) is 0 Å². The molecule has 0 fully saturated rings. The van der Waals surface area contributed by atoms with Gasteiger partial charge < -0.3 is 5.73 Å². The Labute approximate surface area is 92.8 Å². The van der Waals surface area contributed by atoms with Crippen molar-refractivity contribution in [2.75, 3.05) is 5.73 Å². The highest BCUT2D eigenvalue weighted by Crippen LogP contribution is 2.23. The van der Waals surface area contributed by atoms with Gasteiger partial charge in [0.05, 0.1) is 15.8 Å². The predicted molar refractivity (Wildman–Crippen MR) is 63.6 cm³/mol. The summed E-state index contributed by atoms with van der Waals surface area (Å²) in [6.45, 7) is 4.36. The molecule has 2 N–H and O–H groups in total. The van der Waals surface area contributed by atoms with Crippen molar-refractivity contribution < 1.29 is 0 Å². The Morgan fingerprint density at radius 1 is 1.62 bits per heavy atom. The van der Waals surface area contributed by atoms with Crippen molar-refractivity contribution in [1.82, 2.24) is 9.78 Å². The fraction of sp³-hybridized carbons (Fsp3) is 0.667. The minimum absolute atomic E-state index is 0.466. The van der Waals surface area contributed by atoms with Crippen molar-refractivity contribution in [3.05, 3.63) is 9.77 Å². The third-order valence-corrected chi connectivity index (χ3v) is 3.06. The molecule has 1 heterocycles. The van der Waals surface area contributed by atoms with Crippen molar-refractivity contribution in [2.24, 2.45) is 0 Å². The molecule has 0 aliphatic heterocycles. The average molecular weight is 293 g/mol. The minimum Gasteiger partial charge on any atom is -0.383 e. The predicted octanol–water partition coefficient (Wildman–Crippen LogP) is 2.82. The molecule has 0 saturated heterocycles. The summed E-state index contributed by atoms with van der Waals surface area (Å²) >= 11 is 2.21. The van der Waals surface area contributed by atoms with Crippen LogP contribution >= 0.6 is 22.6 Å². The molecule has 1 rings (SSSR count). The van der Waals surface area contributed by atoms with E-state index in [-0.39, 0.29) is 0 Å². The van der Waals surface area contributed by atoms with Gasteiger partial charge in [-0.25, -0.2) is 4.68 Å². The number of nitrogens with zero attached hydrogens (tertiary/aromatic N) is 2. The zero-order valence-corrected chi connectivity index (χ0v) is 10.3. The van der Waals surface area contributed by atoms with Crippen LogP contribution in [0.4, 0.5) is 5.82 Å². The minimum atomic E-state index is 0.466. The number of hydrogen-bond acceptors (Lipinski definition) is 2. The zero-order valence-electron chi connectivity index (χ0n) is 8.13. The standard InChI is InChI=1S/C9H16IN3/c1-3-5-7(4-2)13-9(11)8(10)6-12-13/h6-7H,3-5,11H2,1-2H3. The highest BCUT2D eigenvalue weighted by Gasteiger charge is 2.12. The number of nitrogens with two attached hydrogens (primary N) is 1. The molecule has 0 radical (unpaired) electrons. The second-order valence-corrected chi connectivity index (χ2v) is 4.34. The molecular formula is C9H16IN3. The van der Waals surface area contributed by atoms with Crippen molar-refractivity contribution in [3.8, 4) is 0 Å². The van der Waals surface area contributed by atoms with Gasteiger partial charge in [-0.1, -0.05) is 20.3 Å². The molecule has 13 heavy (non-hydrogen) atoms. The third kappa shape index (κ3) is 2.36. The van der Waals surface area contributed by atoms with Crippen LogP contribution in [0.15, 0.2) is 6.20 Å². The molecule has 3 nitrogen and oxygen atoms in total. The molecule has 1 atom stereocenters. The van der Waals surface area contributed by atoms with Gasteiger partial charge in [0, 0.05) is 0 Å². The Balaban J connectivity index is 2.84. The maximum Gasteiger partial charge on any atom is 0.135 e. The van der Waals surface area contributed by atoms with Gasteiger partial charge >= 0.3 is 0 Å². The first-order chi connectivity index (χ1) is 6.20. The second kappa shape index (κ2) is 4.83. The quantitative estimate of drug-likeness (QED) is 0.867. The first-order valence-electron chi connectivity index (χ1n) is 4.69. The van der Waals surface area contributed by atoms with Gasteiger partial charge in [-0.2, -0.15) is 5.10 Å². The van der Waals surface area contributed by atoms with Gasteiger partial charge in [0.2, 0.25) is 0 Å². The molecular weight excluding hydrogens is 277 g/mol. The summed E-state index contributed by atoms with van der Waals surface area (Å²) in [7, 11) is 0. The molecule has 1 aromatic rings. The molecule has 0 bridgehead atoms. The van der Waals surface area contributed by atoms with Gasteiger partial charge in [0.25, 0.3) is 0 Å². The molecule has 0 spiro atoms. The van der Waals surface area contributed by atoms with Crippen LogP contribution in [-0.2, 0) is 0 Å². The Morgan fingerprint density at radius 3 is 2.69 bits per heavy atom. The Hall–Kier alpha value is -0.260. The summed E-state index contributed by atoms with van der Waals surface area (Å²) in [5.41, 5.74) is 5.90. The van der Waals surface area contributed by atoms with Crippen LogP contribution in [0.2, 0.25) is 0 Å². The number of anilines is 1. The lowest BCUT2D eigenvalue weighted by atomic mass is 10.1. The van der Waals surface area contributed by atoms with E-state index in [4.69, 9.17) is 5.73 Å². The van der Waals surface area contributed by atoms with Crippen LogP contribution in [0.3, 0.4) is 0 Å². The van der Waals surface area contributed by atoms with Gasteiger partial charge in [-0.15, -0.1) is 0 Å². The molecule has 0 saturated carbocycles. The zero-order chi connectivity index (χ0) is 9.84. The number of nitrogen functional groups attached to an aromatic ring is 1. The van der Waals surface area contributed by atoms with Crippen molar-refractivity contribution in [3.63, 3.8) is 0 Å². The van der Waals surface area contributed by atoms with Crippen LogP contribution in [-0.4, -0.2) is 9.78 Å². The van der Waals surface area contributed by atoms with Crippen LogP contribution in [0.1, 0.15) is 39.2 Å². The molecule has 0 aliphatic carbocycles. The lowest BCUT2D eigenvalue weighted by molar-refractivity contribution is 0.414. The lowest BCUT2D eigenvalue weighted by Crippen LogP contribution is -2.12. The summed E-state index contributed by atoms with van der Waals surface area (Å²) in [5.74, 6) is 0.806. The maximum absolute atomic E-state index is 5.90. The SMILES string of the molecule is CCCC(CC)n1ncc(I)c1N. The molecule has 1 unspecified atom stereocenters. The van der Waals surface area contributed by atoms with E-state index >= 15 is 0 Å². The Morgan fingerprint density at radius 2 is 2.31 bits per heavy atom. The van der Waals surface area contributed by atoms with E-state index in [0.717, 1.165) is 22.2 Å². The smallest absolute Gasteiger partial charge is 0.135 e. The highest BCUT2D eigenvalue weighted by atomic mass is 127. The molecule has 4 heteroatoms. The molecule has 0 amide bonds. The van der Waals surface area contributed by atoms with Gasteiger partial charge in [-0.3, -0.25) is 0 Å². The normalized spacial score (nSPS) is 13.2. The van der Waals surface area contributed by atoms with Gasteiger partial charge in [0.1, 0.15) is 5.82 Å². The van der Waals surface area contributed by atoms with E-state index in [1.165, 1.54) is 6.42 Å². The monoisotopic (exact) mass is 293 g/mol. The summed E-state index contributed by atoms with van der Waals surface area (Å²) in [6.07, 6.45) is 5.25. The number of aromatic nitrogens is 2. The molecule has 1 aromatic heterocycles. The van der Waals surface area contributed by atoms with Crippen LogP contribution < -0.4 is 5.73 Å². The summed E-state index contributed by atoms with van der Waals surface area (Å²) in [4.78, 5) is 0. The average Bonchev–Trinajstić information content (AvgIpc) is 2.45. The van der Waals surface area contributed by atoms with Crippen molar-refractivity contribution in [2.45, 2.75) is 39.2 Å². The van der Waals surface area contributed by atoms with E-state index in [0.29, 0.717) is 6.04 Å². The molecule has 74 valence electrons. The van der Waals surface area contributed by atoms with E-state index in [2.05, 4.69) is 41.5 Å². The van der Waals surface area contributed by atoms with Crippen LogP contribution in [0.5, 0.6) is 0 Å². The van der Waals surface area contributed by atoms with E-state index in [1.807, 2.05) is 10.9 Å². The third-order valence-electron chi connectivity index (χ3n) is 2.23. The maximum atomic E-state index is 5.90. The first kappa shape index (κ1) is 10.8. The Bertz CT molecular complexity index is 270. The summed E-state index contributed by atoms with van der Waals surface area (Å²) in [5, 5.41) is 4.29. The largest absolute Gasteiger partial charge is 0.383 e. The van der Waals surface area contributed by atoms with Crippen LogP contribution in [0, 0.1) is 3.57 Å². The Kier molecular flexibility index (Phi) is 4.02. The fourth-order valence-electron chi connectivity index (χ4n) is 1.47. The highest BCUT2D eigenvalue weighted by molar-refractivity contribution is 14.1. The topological polar surface area (TPSA) is 43.8 Å². The summed E-state index contributed by atoms with van der Waals surface area (Å²) in [6, 6.07) is 0.466. The van der Waals surface area contributed by atoms with Gasteiger partial charge in [-0.05, 0) is 35.4 Å². The molecule has 0 aromatic carbocycles. The number of halogens is 1.